The van der Waals surface area contributed by atoms with Crippen LogP contribution < -0.4 is 16.6 Å². The van der Waals surface area contributed by atoms with Gasteiger partial charge in [0.2, 0.25) is 5.91 Å². The van der Waals surface area contributed by atoms with E-state index in [1.54, 1.807) is 19.9 Å². The zero-order valence-electron chi connectivity index (χ0n) is 11.1. The Morgan fingerprint density at radius 3 is 2.85 bits per heavy atom. The number of nitrogen functional groups attached to an aromatic ring is 1. The summed E-state index contributed by atoms with van der Waals surface area (Å²) in [5.74, 6) is 3.97. The molecule has 1 aliphatic rings. The van der Waals surface area contributed by atoms with Crippen LogP contribution >= 0.6 is 0 Å². The first-order valence-corrected chi connectivity index (χ1v) is 5.96. The van der Waals surface area contributed by atoms with Gasteiger partial charge < -0.3 is 10.3 Å². The van der Waals surface area contributed by atoms with Crippen molar-refractivity contribution in [2.45, 2.75) is 19.4 Å². The minimum absolute atomic E-state index is 0.187. The molecule has 0 saturated carbocycles. The summed E-state index contributed by atoms with van der Waals surface area (Å²) in [6.45, 7) is 2.94. The van der Waals surface area contributed by atoms with Crippen LogP contribution in [0.2, 0.25) is 0 Å². The van der Waals surface area contributed by atoms with Crippen molar-refractivity contribution in [3.63, 3.8) is 0 Å². The van der Waals surface area contributed by atoms with E-state index in [9.17, 15) is 14.4 Å². The van der Waals surface area contributed by atoms with E-state index < -0.39 is 23.3 Å². The predicted molar refractivity (Wildman–Crippen MR) is 70.3 cm³/mol. The lowest BCUT2D eigenvalue weighted by atomic mass is 9.97. The van der Waals surface area contributed by atoms with Gasteiger partial charge in [-0.3, -0.25) is 19.7 Å². The van der Waals surface area contributed by atoms with Crippen molar-refractivity contribution in [3.8, 4) is 0 Å². The normalized spacial score (nSPS) is 17.6. The van der Waals surface area contributed by atoms with Crippen molar-refractivity contribution in [2.24, 2.45) is 5.84 Å². The fraction of sp³-hybridized carbons (Fsp3) is 0.333. The molecule has 4 N–H and O–H groups in total. The number of hydrogen-bond donors (Lipinski definition) is 3. The summed E-state index contributed by atoms with van der Waals surface area (Å²) in [4.78, 5) is 41.0. The molecule has 1 fully saturated rings. The fourth-order valence-corrected chi connectivity index (χ4v) is 1.95. The average molecular weight is 277 g/mol. The van der Waals surface area contributed by atoms with Gasteiger partial charge in [-0.25, -0.2) is 10.8 Å². The second-order valence-corrected chi connectivity index (χ2v) is 4.87. The Labute approximate surface area is 115 Å². The van der Waals surface area contributed by atoms with Gasteiger partial charge in [-0.1, -0.05) is 0 Å². The van der Waals surface area contributed by atoms with E-state index in [0.29, 0.717) is 0 Å². The first-order valence-electron chi connectivity index (χ1n) is 5.96. The highest BCUT2D eigenvalue weighted by Gasteiger charge is 2.44. The average Bonchev–Trinajstić information content (AvgIpc) is 2.42. The van der Waals surface area contributed by atoms with E-state index in [1.165, 1.54) is 17.2 Å². The summed E-state index contributed by atoms with van der Waals surface area (Å²) >= 11 is 0. The molecule has 1 aromatic rings. The van der Waals surface area contributed by atoms with Gasteiger partial charge in [0.25, 0.3) is 11.8 Å². The van der Waals surface area contributed by atoms with Gasteiger partial charge in [-0.2, -0.15) is 0 Å². The first kappa shape index (κ1) is 13.9. The number of hydrogen-bond acceptors (Lipinski definition) is 6. The molecule has 0 aliphatic carbocycles. The molecule has 1 aromatic heterocycles. The number of nitrogens with zero attached hydrogens (tertiary/aromatic N) is 2. The SMILES string of the molecule is CC1(C)C(=O)NC(=O)CN1C(=O)c1cccnc1NN. The van der Waals surface area contributed by atoms with E-state index in [-0.39, 0.29) is 17.9 Å². The second-order valence-electron chi connectivity index (χ2n) is 4.87. The topological polar surface area (TPSA) is 117 Å². The Morgan fingerprint density at radius 1 is 1.50 bits per heavy atom. The highest BCUT2D eigenvalue weighted by atomic mass is 16.2. The molecule has 0 radical (unpaired) electrons. The van der Waals surface area contributed by atoms with Crippen LogP contribution in [-0.4, -0.2) is 39.7 Å². The Morgan fingerprint density at radius 2 is 2.20 bits per heavy atom. The highest BCUT2D eigenvalue weighted by Crippen LogP contribution is 2.23. The molecular formula is C12H15N5O3. The Kier molecular flexibility index (Phi) is 3.41. The van der Waals surface area contributed by atoms with Crippen LogP contribution in [-0.2, 0) is 9.59 Å². The molecule has 0 spiro atoms. The van der Waals surface area contributed by atoms with Crippen molar-refractivity contribution in [3.05, 3.63) is 23.9 Å². The lowest BCUT2D eigenvalue weighted by Gasteiger charge is -2.40. The molecular weight excluding hydrogens is 262 g/mol. The number of pyridine rings is 1. The smallest absolute Gasteiger partial charge is 0.259 e. The number of nitrogens with two attached hydrogens (primary N) is 1. The lowest BCUT2D eigenvalue weighted by molar-refractivity contribution is -0.143. The van der Waals surface area contributed by atoms with E-state index in [1.807, 2.05) is 0 Å². The maximum atomic E-state index is 12.5. The summed E-state index contributed by atoms with van der Waals surface area (Å²) in [6.07, 6.45) is 1.48. The zero-order chi connectivity index (χ0) is 14.9. The molecule has 20 heavy (non-hydrogen) atoms. The fourth-order valence-electron chi connectivity index (χ4n) is 1.95. The molecule has 3 amide bonds. The standard InChI is InChI=1S/C12H15N5O3/c1-12(2)11(20)15-8(18)6-17(12)10(19)7-4-3-5-14-9(7)16-13/h3-5H,6,13H2,1-2H3,(H,14,16)(H,15,18,20). The van der Waals surface area contributed by atoms with Crippen molar-refractivity contribution in [1.29, 1.82) is 0 Å². The maximum absolute atomic E-state index is 12.5. The number of carbonyl (C=O) groups is 3. The molecule has 8 heteroatoms. The van der Waals surface area contributed by atoms with Gasteiger partial charge in [0.15, 0.2) is 5.82 Å². The first-order chi connectivity index (χ1) is 9.37. The monoisotopic (exact) mass is 277 g/mol. The largest absolute Gasteiger partial charge is 0.315 e. The summed E-state index contributed by atoms with van der Waals surface area (Å²) in [6, 6.07) is 3.10. The summed E-state index contributed by atoms with van der Waals surface area (Å²) in [5.41, 5.74) is 1.39. The number of nitrogens with one attached hydrogen (secondary N) is 2. The maximum Gasteiger partial charge on any atom is 0.259 e. The summed E-state index contributed by atoms with van der Waals surface area (Å²) < 4.78 is 0. The van der Waals surface area contributed by atoms with E-state index in [0.717, 1.165) is 0 Å². The van der Waals surface area contributed by atoms with E-state index in [2.05, 4.69) is 15.7 Å². The number of piperazine rings is 1. The number of amides is 3. The Hall–Kier alpha value is -2.48. The molecule has 8 nitrogen and oxygen atoms in total. The van der Waals surface area contributed by atoms with Crippen LogP contribution in [0.3, 0.4) is 0 Å². The number of anilines is 1. The van der Waals surface area contributed by atoms with Gasteiger partial charge in [-0.05, 0) is 26.0 Å². The van der Waals surface area contributed by atoms with Gasteiger partial charge in [-0.15, -0.1) is 0 Å². The minimum atomic E-state index is -1.13. The lowest BCUT2D eigenvalue weighted by Crippen LogP contribution is -2.65. The molecule has 1 aliphatic heterocycles. The third-order valence-corrected chi connectivity index (χ3v) is 3.21. The molecule has 0 atom stereocenters. The number of hydrazine groups is 1. The van der Waals surface area contributed by atoms with Crippen molar-refractivity contribution >= 4 is 23.5 Å². The predicted octanol–water partition coefficient (Wildman–Crippen LogP) is -0.756. The summed E-state index contributed by atoms with van der Waals surface area (Å²) in [5, 5.41) is 2.21. The van der Waals surface area contributed by atoms with E-state index >= 15 is 0 Å². The van der Waals surface area contributed by atoms with E-state index in [4.69, 9.17) is 5.84 Å². The number of rotatable bonds is 2. The molecule has 0 unspecified atom stereocenters. The molecule has 2 heterocycles. The number of carbonyl (C=O) groups excluding carboxylic acids is 3. The van der Waals surface area contributed by atoms with Gasteiger partial charge in [0.1, 0.15) is 12.1 Å². The van der Waals surface area contributed by atoms with Crippen molar-refractivity contribution < 1.29 is 14.4 Å². The number of aromatic nitrogens is 1. The highest BCUT2D eigenvalue weighted by molar-refractivity contribution is 6.09. The molecule has 0 aromatic carbocycles. The third kappa shape index (κ3) is 2.21. The third-order valence-electron chi connectivity index (χ3n) is 3.21. The number of imide groups is 1. The van der Waals surface area contributed by atoms with Gasteiger partial charge >= 0.3 is 0 Å². The minimum Gasteiger partial charge on any atom is -0.315 e. The zero-order valence-corrected chi connectivity index (χ0v) is 11.1. The Bertz CT molecular complexity index is 584. The molecule has 106 valence electrons. The van der Waals surface area contributed by atoms with Crippen LogP contribution in [0.25, 0.3) is 0 Å². The molecule has 1 saturated heterocycles. The molecule has 0 bridgehead atoms. The summed E-state index contributed by atoms with van der Waals surface area (Å²) in [7, 11) is 0. The van der Waals surface area contributed by atoms with Crippen LogP contribution in [0, 0.1) is 0 Å². The van der Waals surface area contributed by atoms with Crippen LogP contribution in [0.4, 0.5) is 5.82 Å². The van der Waals surface area contributed by atoms with Crippen molar-refractivity contribution in [1.82, 2.24) is 15.2 Å². The molecule has 2 rings (SSSR count). The second kappa shape index (κ2) is 4.89. The van der Waals surface area contributed by atoms with Crippen molar-refractivity contribution in [2.75, 3.05) is 12.0 Å². The van der Waals surface area contributed by atoms with Gasteiger partial charge in [0, 0.05) is 6.20 Å². The van der Waals surface area contributed by atoms with Crippen LogP contribution in [0.5, 0.6) is 0 Å². The van der Waals surface area contributed by atoms with Crippen LogP contribution in [0.1, 0.15) is 24.2 Å². The quantitative estimate of drug-likeness (QED) is 0.372. The van der Waals surface area contributed by atoms with Crippen LogP contribution in [0.15, 0.2) is 18.3 Å². The Balaban J connectivity index is 2.41. The van der Waals surface area contributed by atoms with Gasteiger partial charge in [0.05, 0.1) is 5.56 Å².